The third kappa shape index (κ3) is 6.74. The zero-order chi connectivity index (χ0) is 13.5. The quantitative estimate of drug-likeness (QED) is 0.527. The Balaban J connectivity index is 4.12. The molecule has 0 aliphatic rings. The van der Waals surface area contributed by atoms with E-state index in [9.17, 15) is 18.0 Å². The third-order valence-corrected chi connectivity index (χ3v) is 3.32. The molecule has 0 saturated heterocycles. The van der Waals surface area contributed by atoms with Gasteiger partial charge in [-0.05, 0) is 14.0 Å². The second-order valence-corrected chi connectivity index (χ2v) is 5.21. The maximum atomic E-state index is 11.4. The molecule has 0 unspecified atom stereocenters. The molecule has 2 amide bonds. The van der Waals surface area contributed by atoms with E-state index in [-0.39, 0.29) is 18.8 Å². The van der Waals surface area contributed by atoms with E-state index in [0.717, 1.165) is 4.90 Å². The summed E-state index contributed by atoms with van der Waals surface area (Å²) in [7, 11) is -2.09. The molecule has 0 saturated carbocycles. The number of hydrogen-bond donors (Lipinski definition) is 3. The van der Waals surface area contributed by atoms with Crippen molar-refractivity contribution in [3.63, 3.8) is 0 Å². The Labute approximate surface area is 100 Å². The topological polar surface area (TPSA) is 116 Å². The molecule has 0 atom stereocenters. The van der Waals surface area contributed by atoms with Crippen LogP contribution in [0.2, 0.25) is 0 Å². The van der Waals surface area contributed by atoms with Gasteiger partial charge in [0.05, 0.1) is 5.75 Å². The molecule has 0 fully saturated rings. The average molecular weight is 267 g/mol. The van der Waals surface area contributed by atoms with Gasteiger partial charge in [-0.1, -0.05) is 0 Å². The predicted molar refractivity (Wildman–Crippen MR) is 61.1 cm³/mol. The maximum Gasteiger partial charge on any atom is 0.323 e. The Kier molecular flexibility index (Phi) is 6.51. The molecule has 0 bridgehead atoms. The number of nitrogens with zero attached hydrogens (tertiary/aromatic N) is 1. The first kappa shape index (κ1) is 15.7. The molecule has 0 aliphatic carbocycles. The summed E-state index contributed by atoms with van der Waals surface area (Å²) in [5.41, 5.74) is 0. The number of carbonyl (C=O) groups excluding carboxylic acids is 1. The molecule has 9 heteroatoms. The predicted octanol–water partition coefficient (Wildman–Crippen LogP) is -1.35. The second-order valence-electron chi connectivity index (χ2n) is 3.16. The van der Waals surface area contributed by atoms with Gasteiger partial charge in [-0.2, -0.15) is 0 Å². The molecule has 0 aromatic heterocycles. The van der Waals surface area contributed by atoms with Crippen molar-refractivity contribution in [1.29, 1.82) is 0 Å². The summed E-state index contributed by atoms with van der Waals surface area (Å²) < 4.78 is 24.2. The van der Waals surface area contributed by atoms with Gasteiger partial charge in [0.15, 0.2) is 0 Å². The lowest BCUT2D eigenvalue weighted by Crippen LogP contribution is -2.44. The Morgan fingerprint density at radius 2 is 1.94 bits per heavy atom. The van der Waals surface area contributed by atoms with Crippen molar-refractivity contribution in [3.05, 3.63) is 0 Å². The number of urea groups is 1. The Bertz CT molecular complexity index is 367. The number of sulfonamides is 1. The van der Waals surface area contributed by atoms with Gasteiger partial charge in [0, 0.05) is 13.1 Å². The minimum absolute atomic E-state index is 0.0713. The summed E-state index contributed by atoms with van der Waals surface area (Å²) in [6, 6.07) is -0.596. The van der Waals surface area contributed by atoms with Gasteiger partial charge < -0.3 is 15.3 Å². The van der Waals surface area contributed by atoms with Crippen LogP contribution >= 0.6 is 0 Å². The van der Waals surface area contributed by atoms with E-state index in [1.54, 1.807) is 6.92 Å². The van der Waals surface area contributed by atoms with E-state index in [0.29, 0.717) is 0 Å². The van der Waals surface area contributed by atoms with Gasteiger partial charge in [0.2, 0.25) is 10.0 Å². The Hall–Kier alpha value is -1.35. The smallest absolute Gasteiger partial charge is 0.323 e. The third-order valence-electron chi connectivity index (χ3n) is 1.95. The number of aliphatic carboxylic acids is 1. The number of carbonyl (C=O) groups is 2. The lowest BCUT2D eigenvalue weighted by Gasteiger charge is -2.18. The van der Waals surface area contributed by atoms with Gasteiger partial charge in [-0.3, -0.25) is 4.79 Å². The monoisotopic (exact) mass is 267 g/mol. The first-order chi connectivity index (χ1) is 7.82. The molecule has 3 N–H and O–H groups in total. The molecule has 100 valence electrons. The highest BCUT2D eigenvalue weighted by Gasteiger charge is 2.15. The molecule has 0 aromatic carbocycles. The van der Waals surface area contributed by atoms with Gasteiger partial charge in [0.25, 0.3) is 0 Å². The van der Waals surface area contributed by atoms with E-state index in [1.807, 2.05) is 0 Å². The highest BCUT2D eigenvalue weighted by molar-refractivity contribution is 7.89. The van der Waals surface area contributed by atoms with Crippen LogP contribution in [0, 0.1) is 0 Å². The van der Waals surface area contributed by atoms with E-state index < -0.39 is 28.6 Å². The van der Waals surface area contributed by atoms with Crippen molar-refractivity contribution in [2.24, 2.45) is 0 Å². The SMILES string of the molecule is CCN(CC(=O)O)C(=O)NCCS(=O)(=O)NC. The van der Waals surface area contributed by atoms with Crippen molar-refractivity contribution in [2.45, 2.75) is 6.92 Å². The molecule has 17 heavy (non-hydrogen) atoms. The summed E-state index contributed by atoms with van der Waals surface area (Å²) in [5, 5.41) is 10.9. The summed E-state index contributed by atoms with van der Waals surface area (Å²) in [6.45, 7) is 1.38. The summed E-state index contributed by atoms with van der Waals surface area (Å²) in [5.74, 6) is -1.37. The van der Waals surface area contributed by atoms with Gasteiger partial charge >= 0.3 is 12.0 Å². The van der Waals surface area contributed by atoms with Crippen molar-refractivity contribution >= 4 is 22.0 Å². The fraction of sp³-hybridized carbons (Fsp3) is 0.750. The molecule has 0 heterocycles. The number of nitrogens with one attached hydrogen (secondary N) is 2. The molecule has 8 nitrogen and oxygen atoms in total. The van der Waals surface area contributed by atoms with Crippen LogP contribution in [0.4, 0.5) is 4.79 Å². The van der Waals surface area contributed by atoms with E-state index in [2.05, 4.69) is 10.0 Å². The summed E-state index contributed by atoms with van der Waals surface area (Å²) in [4.78, 5) is 22.9. The number of hydrogen-bond acceptors (Lipinski definition) is 4. The van der Waals surface area contributed by atoms with Crippen molar-refractivity contribution in [2.75, 3.05) is 32.4 Å². The van der Waals surface area contributed by atoms with Crippen LogP contribution in [-0.4, -0.2) is 62.9 Å². The largest absolute Gasteiger partial charge is 0.480 e. The number of carboxylic acid groups (broad SMARTS) is 1. The highest BCUT2D eigenvalue weighted by atomic mass is 32.2. The molecule has 0 aliphatic heterocycles. The van der Waals surface area contributed by atoms with Crippen LogP contribution in [0.15, 0.2) is 0 Å². The van der Waals surface area contributed by atoms with E-state index >= 15 is 0 Å². The number of rotatable bonds is 7. The van der Waals surface area contributed by atoms with Crippen molar-refractivity contribution < 1.29 is 23.1 Å². The number of carboxylic acids is 1. The standard InChI is InChI=1S/C8H17N3O5S/c1-3-11(6-7(12)13)8(14)10-4-5-17(15,16)9-2/h9H,3-6H2,1-2H3,(H,10,14)(H,12,13). The van der Waals surface area contributed by atoms with Gasteiger partial charge in [0.1, 0.15) is 6.54 Å². The van der Waals surface area contributed by atoms with Gasteiger partial charge in [-0.25, -0.2) is 17.9 Å². The highest BCUT2D eigenvalue weighted by Crippen LogP contribution is 1.89. The second kappa shape index (κ2) is 7.07. The molecule has 0 radical (unpaired) electrons. The first-order valence-electron chi connectivity index (χ1n) is 4.98. The maximum absolute atomic E-state index is 11.4. The minimum Gasteiger partial charge on any atom is -0.480 e. The molecular weight excluding hydrogens is 250 g/mol. The normalized spacial score (nSPS) is 10.9. The van der Waals surface area contributed by atoms with E-state index in [1.165, 1.54) is 7.05 Å². The fourth-order valence-electron chi connectivity index (χ4n) is 0.997. The number of likely N-dealkylation sites (N-methyl/N-ethyl adjacent to an activating group) is 1. The van der Waals surface area contributed by atoms with Crippen LogP contribution in [0.3, 0.4) is 0 Å². The average Bonchev–Trinajstić information content (AvgIpc) is 2.25. The first-order valence-corrected chi connectivity index (χ1v) is 6.63. The van der Waals surface area contributed by atoms with Crippen LogP contribution in [0.5, 0.6) is 0 Å². The summed E-state index contributed by atoms with van der Waals surface area (Å²) in [6.07, 6.45) is 0. The lowest BCUT2D eigenvalue weighted by atomic mass is 10.5. The molecular formula is C8H17N3O5S. The Morgan fingerprint density at radius 1 is 1.35 bits per heavy atom. The van der Waals surface area contributed by atoms with Crippen molar-refractivity contribution in [3.8, 4) is 0 Å². The minimum atomic E-state index is -3.37. The van der Waals surface area contributed by atoms with Crippen molar-refractivity contribution in [1.82, 2.24) is 14.9 Å². The van der Waals surface area contributed by atoms with Crippen LogP contribution in [-0.2, 0) is 14.8 Å². The fourth-order valence-corrected chi connectivity index (χ4v) is 1.57. The van der Waals surface area contributed by atoms with Crippen LogP contribution < -0.4 is 10.0 Å². The van der Waals surface area contributed by atoms with Crippen LogP contribution in [0.1, 0.15) is 6.92 Å². The number of amides is 2. The lowest BCUT2D eigenvalue weighted by molar-refractivity contribution is -0.137. The molecule has 0 aromatic rings. The van der Waals surface area contributed by atoms with Gasteiger partial charge in [-0.15, -0.1) is 0 Å². The molecule has 0 rings (SSSR count). The van der Waals surface area contributed by atoms with Crippen LogP contribution in [0.25, 0.3) is 0 Å². The zero-order valence-electron chi connectivity index (χ0n) is 9.76. The molecule has 0 spiro atoms. The summed E-state index contributed by atoms with van der Waals surface area (Å²) >= 11 is 0. The Morgan fingerprint density at radius 3 is 2.35 bits per heavy atom. The zero-order valence-corrected chi connectivity index (χ0v) is 10.6. The van der Waals surface area contributed by atoms with E-state index in [4.69, 9.17) is 5.11 Å².